The van der Waals surface area contributed by atoms with Crippen molar-refractivity contribution >= 4 is 48.0 Å². The van der Waals surface area contributed by atoms with E-state index in [-0.39, 0.29) is 0 Å². The Labute approximate surface area is 69.2 Å². The molecular formula is C4H6BrPS2. The van der Waals surface area contributed by atoms with Gasteiger partial charge in [-0.05, 0) is 27.4 Å². The van der Waals surface area contributed by atoms with Crippen LogP contribution in [0.4, 0.5) is 0 Å². The largest absolute Gasteiger partial charge is 0.158 e. The molecular weight excluding hydrogens is 223 g/mol. The van der Waals surface area contributed by atoms with Gasteiger partial charge in [0.15, 0.2) is 0 Å². The van der Waals surface area contributed by atoms with E-state index >= 15 is 0 Å². The van der Waals surface area contributed by atoms with Gasteiger partial charge in [0, 0.05) is 9.85 Å². The highest BCUT2D eigenvalue weighted by molar-refractivity contribution is 9.10. The Bertz CT molecular complexity index is 118. The van der Waals surface area contributed by atoms with Gasteiger partial charge < -0.3 is 0 Å². The van der Waals surface area contributed by atoms with E-state index in [0.29, 0.717) is 0 Å². The third-order valence-electron chi connectivity index (χ3n) is 0.486. The molecule has 0 spiro atoms. The summed E-state index contributed by atoms with van der Waals surface area (Å²) in [6, 6.07) is 2.02. The summed E-state index contributed by atoms with van der Waals surface area (Å²) in [5, 5.41) is 4.07. The predicted octanol–water partition coefficient (Wildman–Crippen LogP) is 3.22. The average molecular weight is 229 g/mol. The van der Waals surface area contributed by atoms with Crippen molar-refractivity contribution in [1.82, 2.24) is 0 Å². The van der Waals surface area contributed by atoms with Gasteiger partial charge in [-0.2, -0.15) is 23.6 Å². The molecule has 0 aromatic carbocycles. The first kappa shape index (κ1) is 8.96. The molecule has 0 aliphatic carbocycles. The van der Waals surface area contributed by atoms with Gasteiger partial charge in [-0.3, -0.25) is 0 Å². The molecule has 0 amide bonds. The zero-order valence-electron chi connectivity index (χ0n) is 4.04. The van der Waals surface area contributed by atoms with Crippen molar-refractivity contribution in [1.29, 1.82) is 0 Å². The molecule has 0 nitrogen and oxygen atoms in total. The second kappa shape index (κ2) is 6.09. The Morgan fingerprint density at radius 2 is 2.25 bits per heavy atom. The first-order chi connectivity index (χ1) is 3.89. The van der Waals surface area contributed by atoms with Crippen LogP contribution in [0.2, 0.25) is 0 Å². The summed E-state index contributed by atoms with van der Waals surface area (Å²) < 4.78 is 1.17. The van der Waals surface area contributed by atoms with E-state index in [1.165, 1.54) is 4.47 Å². The first-order valence-corrected chi connectivity index (χ1v) is 5.63. The molecule has 0 fully saturated rings. The van der Waals surface area contributed by atoms with Crippen LogP contribution in [-0.2, 0) is 0 Å². The predicted molar refractivity (Wildman–Crippen MR) is 50.7 cm³/mol. The fourth-order valence-corrected chi connectivity index (χ4v) is 1.39. The summed E-state index contributed by atoms with van der Waals surface area (Å²) in [4.78, 5) is 0. The molecule has 0 aliphatic heterocycles. The molecule has 46 valence electrons. The normalized spacial score (nSPS) is 7.38. The Balaban J connectivity index is 0.000000222. The van der Waals surface area contributed by atoms with Crippen LogP contribution >= 0.6 is 48.0 Å². The van der Waals surface area contributed by atoms with Gasteiger partial charge in [0.2, 0.25) is 0 Å². The number of thiol groups is 1. The van der Waals surface area contributed by atoms with Gasteiger partial charge >= 0.3 is 0 Å². The standard InChI is InChI=1S/C4H3BrS.H3PS/c5-4-1-2-6-3-4;1-2/h1-3H;2H,1H2. The van der Waals surface area contributed by atoms with E-state index in [1.54, 1.807) is 11.3 Å². The van der Waals surface area contributed by atoms with Crippen molar-refractivity contribution in [3.05, 3.63) is 21.3 Å². The monoisotopic (exact) mass is 228 g/mol. The Morgan fingerprint density at radius 3 is 2.38 bits per heavy atom. The van der Waals surface area contributed by atoms with Crippen LogP contribution in [-0.4, -0.2) is 0 Å². The van der Waals surface area contributed by atoms with E-state index < -0.39 is 0 Å². The van der Waals surface area contributed by atoms with Crippen LogP contribution in [0.3, 0.4) is 0 Å². The molecule has 0 saturated heterocycles. The van der Waals surface area contributed by atoms with Crippen LogP contribution in [0.25, 0.3) is 0 Å². The van der Waals surface area contributed by atoms with Crippen molar-refractivity contribution in [3.8, 4) is 0 Å². The maximum atomic E-state index is 3.44. The SMILES string of the molecule is Brc1ccsc1.PS. The topological polar surface area (TPSA) is 0 Å². The summed E-state index contributed by atoms with van der Waals surface area (Å²) in [5.41, 5.74) is 0. The Morgan fingerprint density at radius 1 is 1.62 bits per heavy atom. The molecule has 1 aromatic heterocycles. The maximum absolute atomic E-state index is 3.44. The minimum Gasteiger partial charge on any atom is -0.158 e. The molecule has 0 aliphatic rings. The lowest BCUT2D eigenvalue weighted by Crippen LogP contribution is -1.34. The molecule has 1 atom stereocenters. The second-order valence-electron chi connectivity index (χ2n) is 0.942. The molecule has 8 heavy (non-hydrogen) atoms. The smallest absolute Gasteiger partial charge is 0.0282 e. The Kier molecular flexibility index (Phi) is 6.82. The van der Waals surface area contributed by atoms with E-state index in [2.05, 4.69) is 36.6 Å². The van der Waals surface area contributed by atoms with Crippen LogP contribution in [0.15, 0.2) is 21.3 Å². The van der Waals surface area contributed by atoms with Gasteiger partial charge in [-0.1, -0.05) is 8.44 Å². The maximum Gasteiger partial charge on any atom is 0.0282 e. The van der Waals surface area contributed by atoms with E-state index in [4.69, 9.17) is 0 Å². The summed E-state index contributed by atoms with van der Waals surface area (Å²) >= 11 is 8.43. The molecule has 1 heterocycles. The molecule has 4 heteroatoms. The zero-order valence-corrected chi connectivity index (χ0v) is 8.49. The molecule has 1 aromatic rings. The third kappa shape index (κ3) is 3.90. The van der Waals surface area contributed by atoms with Gasteiger partial charge in [-0.25, -0.2) is 0 Å². The first-order valence-electron chi connectivity index (χ1n) is 1.83. The molecule has 0 bridgehead atoms. The molecule has 0 N–H and O–H groups in total. The average Bonchev–Trinajstić information content (AvgIpc) is 2.24. The summed E-state index contributed by atoms with van der Waals surface area (Å²) in [5.74, 6) is 0. The quantitative estimate of drug-likeness (QED) is 0.512. The van der Waals surface area contributed by atoms with Crippen molar-refractivity contribution in [2.45, 2.75) is 0 Å². The van der Waals surface area contributed by atoms with Gasteiger partial charge in [0.1, 0.15) is 0 Å². The minimum atomic E-state index is 1.17. The number of hydrogen-bond donors (Lipinski definition) is 1. The van der Waals surface area contributed by atoms with Crippen molar-refractivity contribution < 1.29 is 0 Å². The lowest BCUT2D eigenvalue weighted by molar-refractivity contribution is 1.90. The van der Waals surface area contributed by atoms with E-state index in [0.717, 1.165) is 0 Å². The van der Waals surface area contributed by atoms with Gasteiger partial charge in [0.05, 0.1) is 0 Å². The molecule has 1 rings (SSSR count). The number of hydrogen-bond acceptors (Lipinski definition) is 2. The summed E-state index contributed by atoms with van der Waals surface area (Å²) in [6.45, 7) is 0. The number of rotatable bonds is 0. The Hall–Kier alpha value is 0.960. The summed E-state index contributed by atoms with van der Waals surface area (Å²) in [6.07, 6.45) is 0. The lowest BCUT2D eigenvalue weighted by Gasteiger charge is -1.62. The zero-order chi connectivity index (χ0) is 6.41. The number of halogens is 1. The van der Waals surface area contributed by atoms with Gasteiger partial charge in [0.25, 0.3) is 0 Å². The van der Waals surface area contributed by atoms with Crippen LogP contribution in [0.5, 0.6) is 0 Å². The van der Waals surface area contributed by atoms with Gasteiger partial charge in [-0.15, -0.1) is 0 Å². The number of thiophene rings is 1. The van der Waals surface area contributed by atoms with E-state index in [9.17, 15) is 0 Å². The molecule has 1 unspecified atom stereocenters. The van der Waals surface area contributed by atoms with Crippen LogP contribution in [0.1, 0.15) is 0 Å². The van der Waals surface area contributed by atoms with Crippen molar-refractivity contribution in [2.24, 2.45) is 0 Å². The lowest BCUT2D eigenvalue weighted by atomic mass is 10.7. The van der Waals surface area contributed by atoms with Crippen LogP contribution < -0.4 is 0 Å². The molecule has 0 saturated carbocycles. The molecule has 0 radical (unpaired) electrons. The second-order valence-corrected chi connectivity index (χ2v) is 2.64. The fourth-order valence-electron chi connectivity index (χ4n) is 0.248. The van der Waals surface area contributed by atoms with Crippen molar-refractivity contribution in [3.63, 3.8) is 0 Å². The fraction of sp³-hybridized carbons (Fsp3) is 0. The highest BCUT2D eigenvalue weighted by Crippen LogP contribution is 2.11. The third-order valence-corrected chi connectivity index (χ3v) is 1.97. The van der Waals surface area contributed by atoms with Crippen LogP contribution in [0, 0.1) is 0 Å². The highest BCUT2D eigenvalue weighted by Gasteiger charge is 1.77. The van der Waals surface area contributed by atoms with Crippen molar-refractivity contribution in [2.75, 3.05) is 0 Å². The van der Waals surface area contributed by atoms with E-state index in [1.807, 2.05) is 16.8 Å². The highest BCUT2D eigenvalue weighted by atomic mass is 79.9. The summed E-state index contributed by atoms with van der Waals surface area (Å²) in [7, 11) is 2.11. The minimum absolute atomic E-state index is 1.17.